The molecule has 1 fully saturated rings. The van der Waals surface area contributed by atoms with E-state index in [1.807, 2.05) is 36.5 Å². The van der Waals surface area contributed by atoms with Gasteiger partial charge >= 0.3 is 5.97 Å². The lowest BCUT2D eigenvalue weighted by molar-refractivity contribution is 0.0698. The van der Waals surface area contributed by atoms with E-state index in [0.29, 0.717) is 98.5 Å². The molecule has 72 heavy (non-hydrogen) atoms. The van der Waals surface area contributed by atoms with E-state index in [0.717, 1.165) is 50.6 Å². The van der Waals surface area contributed by atoms with Crippen LogP contribution in [0.4, 0.5) is 5.82 Å². The first kappa shape index (κ1) is 51.4. The minimum absolute atomic E-state index is 0.0986. The van der Waals surface area contributed by atoms with E-state index in [4.69, 9.17) is 70.1 Å². The standard InChI is InChI=1S/C36H35Cl2N5O4.C18H13Cl2NO4/c1-45-25-9-6-23(7-10-25)21-42-15-17-43(18-16-42)22-24-8-13-31(40-20-24)41-36(44)28-12-11-26(27-5-4-14-39-35(27)28)32-33(37)29(46-2)19-30(47-3)34(32)38;1-24-12-8-13(25-2)16(20)14(15(12)19)9-5-6-11(18(22)23)17-10(9)4-3-7-21-17/h4-14,19-20H,15-18,21-22H2,1-3H3,(H,40,41,44);3-8H,1-2H3,(H,22,23). The Bertz CT molecular complexity index is 3230. The maximum absolute atomic E-state index is 13.5. The highest BCUT2D eigenvalue weighted by Crippen LogP contribution is 2.49. The lowest BCUT2D eigenvalue weighted by atomic mass is 9.97. The van der Waals surface area contributed by atoms with E-state index >= 15 is 0 Å². The molecule has 18 heteroatoms. The van der Waals surface area contributed by atoms with Gasteiger partial charge in [0.2, 0.25) is 0 Å². The molecule has 2 N–H and O–H groups in total. The van der Waals surface area contributed by atoms with Gasteiger partial charge in [0.1, 0.15) is 34.6 Å². The van der Waals surface area contributed by atoms with Gasteiger partial charge in [0.05, 0.1) is 77.8 Å². The van der Waals surface area contributed by atoms with Crippen LogP contribution in [0.5, 0.6) is 28.7 Å². The molecule has 0 atom stereocenters. The summed E-state index contributed by atoms with van der Waals surface area (Å²) >= 11 is 26.4. The van der Waals surface area contributed by atoms with Gasteiger partial charge in [-0.15, -0.1) is 0 Å². The van der Waals surface area contributed by atoms with Gasteiger partial charge in [-0.25, -0.2) is 9.78 Å². The fraction of sp³-hybridized carbons (Fsp3) is 0.204. The summed E-state index contributed by atoms with van der Waals surface area (Å²) in [5.74, 6) is 1.59. The second-order valence-electron chi connectivity index (χ2n) is 16.4. The Labute approximate surface area is 435 Å². The van der Waals surface area contributed by atoms with Crippen molar-refractivity contribution in [3.8, 4) is 51.0 Å². The number of amides is 1. The van der Waals surface area contributed by atoms with E-state index in [1.165, 1.54) is 46.3 Å². The predicted octanol–water partition coefficient (Wildman–Crippen LogP) is 12.1. The first-order valence-corrected chi connectivity index (χ1v) is 23.9. The molecule has 1 amide bonds. The van der Waals surface area contributed by atoms with Gasteiger partial charge in [-0.3, -0.25) is 24.6 Å². The Morgan fingerprint density at radius 3 is 1.43 bits per heavy atom. The van der Waals surface area contributed by atoms with Crippen LogP contribution in [-0.2, 0) is 13.1 Å². The molecule has 4 heterocycles. The number of piperazine rings is 1. The van der Waals surface area contributed by atoms with Crippen molar-refractivity contribution in [2.75, 3.05) is 67.0 Å². The van der Waals surface area contributed by atoms with E-state index in [1.54, 1.807) is 61.8 Å². The minimum Gasteiger partial charge on any atom is -0.497 e. The van der Waals surface area contributed by atoms with Gasteiger partial charge in [-0.2, -0.15) is 0 Å². The maximum Gasteiger partial charge on any atom is 0.337 e. The summed E-state index contributed by atoms with van der Waals surface area (Å²) in [6.07, 6.45) is 5.00. The molecule has 0 spiro atoms. The monoisotopic (exact) mass is 1050 g/mol. The second kappa shape index (κ2) is 23.1. The van der Waals surface area contributed by atoms with Gasteiger partial charge in [0.15, 0.2) is 0 Å². The molecule has 1 aliphatic heterocycles. The zero-order valence-corrected chi connectivity index (χ0v) is 42.8. The van der Waals surface area contributed by atoms with E-state index < -0.39 is 5.97 Å². The number of halogens is 4. The number of fused-ring (bicyclic) bond motifs is 2. The molecule has 0 bridgehead atoms. The maximum atomic E-state index is 13.5. The van der Waals surface area contributed by atoms with Crippen molar-refractivity contribution in [3.63, 3.8) is 0 Å². The fourth-order valence-corrected chi connectivity index (χ4v) is 9.92. The third kappa shape index (κ3) is 10.9. The van der Waals surface area contributed by atoms with Gasteiger partial charge in [-0.1, -0.05) is 88.9 Å². The van der Waals surface area contributed by atoms with Crippen molar-refractivity contribution in [2.24, 2.45) is 0 Å². The highest BCUT2D eigenvalue weighted by Gasteiger charge is 2.25. The van der Waals surface area contributed by atoms with Crippen molar-refractivity contribution >= 4 is 85.9 Å². The zero-order valence-electron chi connectivity index (χ0n) is 39.8. The molecule has 8 aromatic rings. The van der Waals surface area contributed by atoms with Gasteiger partial charge < -0.3 is 34.1 Å². The lowest BCUT2D eigenvalue weighted by Crippen LogP contribution is -2.45. The number of hydrogen-bond donors (Lipinski definition) is 2. The third-order valence-electron chi connectivity index (χ3n) is 12.2. The summed E-state index contributed by atoms with van der Waals surface area (Å²) in [5.41, 5.74) is 6.07. The van der Waals surface area contributed by atoms with Gasteiger partial charge in [0.25, 0.3) is 5.91 Å². The number of nitrogens with one attached hydrogen (secondary N) is 1. The zero-order chi connectivity index (χ0) is 51.1. The average molecular weight is 1050 g/mol. The largest absolute Gasteiger partial charge is 0.497 e. The van der Waals surface area contributed by atoms with Crippen molar-refractivity contribution < 1.29 is 38.4 Å². The van der Waals surface area contributed by atoms with Crippen LogP contribution in [-0.4, -0.2) is 103 Å². The Morgan fingerprint density at radius 2 is 1.00 bits per heavy atom. The first-order chi connectivity index (χ1) is 34.9. The van der Waals surface area contributed by atoms with E-state index in [-0.39, 0.29) is 11.5 Å². The molecule has 1 aliphatic rings. The average Bonchev–Trinajstić information content (AvgIpc) is 3.40. The van der Waals surface area contributed by atoms with Crippen molar-refractivity contribution in [1.82, 2.24) is 24.8 Å². The van der Waals surface area contributed by atoms with Crippen molar-refractivity contribution in [1.29, 1.82) is 0 Å². The van der Waals surface area contributed by atoms with Crippen molar-refractivity contribution in [3.05, 3.63) is 158 Å². The fourth-order valence-electron chi connectivity index (χ4n) is 8.51. The number of anilines is 1. The number of carbonyl (C=O) groups is 2. The Balaban J connectivity index is 0.000000233. The number of carbonyl (C=O) groups excluding carboxylic acids is 1. The number of rotatable bonds is 14. The molecule has 0 saturated carbocycles. The summed E-state index contributed by atoms with van der Waals surface area (Å²) in [7, 11) is 7.72. The normalized spacial score (nSPS) is 12.7. The summed E-state index contributed by atoms with van der Waals surface area (Å²) in [4.78, 5) is 43.2. The van der Waals surface area contributed by atoms with Crippen LogP contribution < -0.4 is 29.0 Å². The SMILES string of the molecule is COc1cc(OC)c(Cl)c(-c2ccc(C(=O)O)c3ncccc23)c1Cl.COc1ccc(CN2CCN(Cc3ccc(NC(=O)c4ccc(-c5c(Cl)c(OC)cc(OC)c5Cl)c5cccnc45)nc3)CC2)cc1. The van der Waals surface area contributed by atoms with Gasteiger partial charge in [0, 0.05) is 91.9 Å². The number of ether oxygens (including phenoxy) is 5. The first-order valence-electron chi connectivity index (χ1n) is 22.4. The molecule has 0 radical (unpaired) electrons. The van der Waals surface area contributed by atoms with Crippen LogP contribution in [0.2, 0.25) is 20.1 Å². The molecular weight excluding hydrogens is 1000 g/mol. The number of aromatic carboxylic acids is 1. The predicted molar refractivity (Wildman–Crippen MR) is 283 cm³/mol. The molecular formula is C54H48Cl4N6O8. The molecule has 5 aromatic carbocycles. The molecule has 9 rings (SSSR count). The van der Waals surface area contributed by atoms with Crippen LogP contribution >= 0.6 is 46.4 Å². The van der Waals surface area contributed by atoms with Crippen LogP contribution in [0.3, 0.4) is 0 Å². The number of aromatic nitrogens is 3. The molecule has 0 unspecified atom stereocenters. The molecule has 1 saturated heterocycles. The Kier molecular flexibility index (Phi) is 16.5. The van der Waals surface area contributed by atoms with Crippen LogP contribution in [0.15, 0.2) is 116 Å². The highest BCUT2D eigenvalue weighted by molar-refractivity contribution is 6.42. The number of benzene rings is 5. The van der Waals surface area contributed by atoms with E-state index in [2.05, 4.69) is 42.2 Å². The molecule has 3 aromatic heterocycles. The number of carboxylic acid groups (broad SMARTS) is 1. The summed E-state index contributed by atoms with van der Waals surface area (Å²) in [6, 6.07) is 29.1. The summed E-state index contributed by atoms with van der Waals surface area (Å²) < 4.78 is 26.8. The highest BCUT2D eigenvalue weighted by atomic mass is 35.5. The summed E-state index contributed by atoms with van der Waals surface area (Å²) in [6.45, 7) is 5.68. The Hall–Kier alpha value is -6.91. The minimum atomic E-state index is -1.06. The van der Waals surface area contributed by atoms with Crippen LogP contribution in [0.25, 0.3) is 44.1 Å². The molecule has 0 aliphatic carbocycles. The van der Waals surface area contributed by atoms with Gasteiger partial charge in [-0.05, 0) is 64.7 Å². The number of hydrogen-bond acceptors (Lipinski definition) is 12. The quantitative estimate of drug-likeness (QED) is 0.106. The smallest absolute Gasteiger partial charge is 0.337 e. The van der Waals surface area contributed by atoms with E-state index in [9.17, 15) is 14.7 Å². The molecule has 14 nitrogen and oxygen atoms in total. The third-order valence-corrected chi connectivity index (χ3v) is 13.7. The van der Waals surface area contributed by atoms with Crippen LogP contribution in [0.1, 0.15) is 31.8 Å². The molecule has 370 valence electrons. The number of pyridine rings is 3. The number of nitrogens with zero attached hydrogens (tertiary/aromatic N) is 5. The second-order valence-corrected chi connectivity index (χ2v) is 17.9. The topological polar surface area (TPSA) is 158 Å². The number of methoxy groups -OCH3 is 5. The Morgan fingerprint density at radius 1 is 0.556 bits per heavy atom. The van der Waals surface area contributed by atoms with Crippen LogP contribution in [0, 0.1) is 0 Å². The number of carboxylic acids is 1. The van der Waals surface area contributed by atoms with Crippen molar-refractivity contribution in [2.45, 2.75) is 13.1 Å². The summed E-state index contributed by atoms with van der Waals surface area (Å²) in [5, 5.41) is 14.9. The lowest BCUT2D eigenvalue weighted by Gasteiger charge is -2.34.